The first kappa shape index (κ1) is 21.1. The van der Waals surface area contributed by atoms with Gasteiger partial charge in [0.25, 0.3) is 0 Å². The molecule has 152 valence electrons. The Morgan fingerprint density at radius 1 is 1.18 bits per heavy atom. The number of halogens is 1. The summed E-state index contributed by atoms with van der Waals surface area (Å²) in [6, 6.07) is 15.1. The fourth-order valence-electron chi connectivity index (χ4n) is 3.38. The van der Waals surface area contributed by atoms with Crippen LogP contribution in [0.2, 0.25) is 5.02 Å². The summed E-state index contributed by atoms with van der Waals surface area (Å²) in [6.07, 6.45) is -0.136. The van der Waals surface area contributed by atoms with Gasteiger partial charge in [-0.15, -0.1) is 0 Å². The van der Waals surface area contributed by atoms with Crippen LogP contribution in [0.5, 0.6) is 5.75 Å². The maximum atomic E-state index is 11.9. The number of aliphatic hydroxyl groups is 1. The number of nitrogens with zero attached hydrogens (tertiary/aromatic N) is 1. The number of rotatable bonds is 8. The van der Waals surface area contributed by atoms with Gasteiger partial charge in [-0.2, -0.15) is 0 Å². The first-order valence-electron chi connectivity index (χ1n) is 9.37. The molecule has 1 fully saturated rings. The van der Waals surface area contributed by atoms with E-state index in [1.54, 1.807) is 24.3 Å². The smallest absolute Gasteiger partial charge is 0.151 e. The minimum Gasteiger partial charge on any atom is -0.491 e. The highest BCUT2D eigenvalue weighted by atomic mass is 35.5. The molecule has 3 rings (SSSR count). The van der Waals surface area contributed by atoms with E-state index in [0.717, 1.165) is 5.56 Å². The number of sulfone groups is 1. The zero-order chi connectivity index (χ0) is 20.1. The topological polar surface area (TPSA) is 66.8 Å². The van der Waals surface area contributed by atoms with Gasteiger partial charge in [0.05, 0.1) is 11.5 Å². The van der Waals surface area contributed by atoms with Crippen molar-refractivity contribution in [3.8, 4) is 5.75 Å². The molecule has 1 saturated heterocycles. The van der Waals surface area contributed by atoms with E-state index in [2.05, 4.69) is 4.90 Å². The van der Waals surface area contributed by atoms with Crippen molar-refractivity contribution in [3.63, 3.8) is 0 Å². The molecule has 0 spiro atoms. The monoisotopic (exact) mass is 423 g/mol. The van der Waals surface area contributed by atoms with Crippen LogP contribution < -0.4 is 4.74 Å². The summed E-state index contributed by atoms with van der Waals surface area (Å²) in [5.74, 6) is 0.986. The van der Waals surface area contributed by atoms with Gasteiger partial charge >= 0.3 is 0 Å². The third-order valence-corrected chi connectivity index (χ3v) is 6.93. The van der Waals surface area contributed by atoms with Crippen LogP contribution in [-0.2, 0) is 16.4 Å². The molecule has 2 atom stereocenters. The molecule has 1 aliphatic rings. The normalized spacial score (nSPS) is 19.6. The highest BCUT2D eigenvalue weighted by Gasteiger charge is 2.33. The lowest BCUT2D eigenvalue weighted by atomic mass is 10.1. The zero-order valence-electron chi connectivity index (χ0n) is 15.9. The molecule has 5 nitrogen and oxygen atoms in total. The molecule has 1 aliphatic heterocycles. The highest BCUT2D eigenvalue weighted by molar-refractivity contribution is 7.91. The lowest BCUT2D eigenvalue weighted by Crippen LogP contribution is -2.42. The highest BCUT2D eigenvalue weighted by Crippen LogP contribution is 2.21. The second-order valence-electron chi connectivity index (χ2n) is 7.39. The van der Waals surface area contributed by atoms with E-state index in [0.29, 0.717) is 30.3 Å². The fraction of sp³-hybridized carbons (Fsp3) is 0.429. The Morgan fingerprint density at radius 2 is 1.86 bits per heavy atom. The van der Waals surface area contributed by atoms with Crippen molar-refractivity contribution in [1.29, 1.82) is 0 Å². The minimum atomic E-state index is -3.00. The van der Waals surface area contributed by atoms with Gasteiger partial charge in [0.2, 0.25) is 0 Å². The summed E-state index contributed by atoms with van der Waals surface area (Å²) < 4.78 is 29.5. The van der Waals surface area contributed by atoms with Gasteiger partial charge in [-0.25, -0.2) is 8.42 Å². The average Bonchev–Trinajstić information content (AvgIpc) is 3.02. The Labute approximate surface area is 171 Å². The number of aliphatic hydroxyl groups excluding tert-OH is 1. The van der Waals surface area contributed by atoms with E-state index < -0.39 is 15.9 Å². The molecular formula is C21H26ClNO4S. The third-order valence-electron chi connectivity index (χ3n) is 4.93. The van der Waals surface area contributed by atoms with Crippen LogP contribution in [0.4, 0.5) is 0 Å². The number of hydrogen-bond donors (Lipinski definition) is 1. The van der Waals surface area contributed by atoms with Crippen molar-refractivity contribution < 1.29 is 18.3 Å². The van der Waals surface area contributed by atoms with E-state index in [-0.39, 0.29) is 24.2 Å². The molecule has 2 aromatic rings. The van der Waals surface area contributed by atoms with Crippen molar-refractivity contribution >= 4 is 21.4 Å². The second-order valence-corrected chi connectivity index (χ2v) is 10.1. The molecular weight excluding hydrogens is 398 g/mol. The molecule has 0 radical (unpaired) electrons. The predicted octanol–water partition coefficient (Wildman–Crippen LogP) is 3.08. The number of benzene rings is 2. The van der Waals surface area contributed by atoms with Crippen molar-refractivity contribution in [2.45, 2.75) is 32.0 Å². The van der Waals surface area contributed by atoms with Gasteiger partial charge < -0.3 is 9.84 Å². The quantitative estimate of drug-likeness (QED) is 0.706. The molecule has 0 saturated carbocycles. The van der Waals surface area contributed by atoms with E-state index in [4.69, 9.17) is 16.3 Å². The molecule has 28 heavy (non-hydrogen) atoms. The number of aryl methyl sites for hydroxylation is 1. The third kappa shape index (κ3) is 6.21. The summed E-state index contributed by atoms with van der Waals surface area (Å²) in [7, 11) is -3.00. The molecule has 0 bridgehead atoms. The van der Waals surface area contributed by atoms with Gasteiger partial charge in [-0.05, 0) is 43.2 Å². The standard InChI is InChI=1S/C21H26ClNO4S/c1-16-2-4-17(5-3-16)12-23(19-10-11-28(25,26)15-19)13-20(24)14-27-21-8-6-18(22)7-9-21/h2-9,19-20,24H,10-15H2,1H3. The summed E-state index contributed by atoms with van der Waals surface area (Å²) >= 11 is 5.87. The van der Waals surface area contributed by atoms with E-state index in [9.17, 15) is 13.5 Å². The lowest BCUT2D eigenvalue weighted by Gasteiger charge is -2.30. The molecule has 2 aromatic carbocycles. The van der Waals surface area contributed by atoms with Crippen LogP contribution in [-0.4, -0.2) is 55.2 Å². The zero-order valence-corrected chi connectivity index (χ0v) is 17.5. The van der Waals surface area contributed by atoms with E-state index in [1.807, 2.05) is 31.2 Å². The molecule has 0 amide bonds. The molecule has 0 aromatic heterocycles. The lowest BCUT2D eigenvalue weighted by molar-refractivity contribution is 0.0525. The predicted molar refractivity (Wildman–Crippen MR) is 112 cm³/mol. The van der Waals surface area contributed by atoms with Gasteiger partial charge in [-0.3, -0.25) is 4.90 Å². The Morgan fingerprint density at radius 3 is 2.46 bits per heavy atom. The number of ether oxygens (including phenoxy) is 1. The molecule has 7 heteroatoms. The first-order valence-corrected chi connectivity index (χ1v) is 11.6. The van der Waals surface area contributed by atoms with Gasteiger partial charge in [0.1, 0.15) is 18.5 Å². The molecule has 0 aliphatic carbocycles. The Bertz CT molecular complexity index is 868. The van der Waals surface area contributed by atoms with Crippen LogP contribution >= 0.6 is 11.6 Å². The SMILES string of the molecule is Cc1ccc(CN(CC(O)COc2ccc(Cl)cc2)C2CCS(=O)(=O)C2)cc1. The largest absolute Gasteiger partial charge is 0.491 e. The van der Waals surface area contributed by atoms with Crippen molar-refractivity contribution in [1.82, 2.24) is 4.90 Å². The van der Waals surface area contributed by atoms with Crippen LogP contribution in [0, 0.1) is 6.92 Å². The summed E-state index contributed by atoms with van der Waals surface area (Å²) in [6.45, 7) is 3.11. The van der Waals surface area contributed by atoms with Crippen molar-refractivity contribution in [2.24, 2.45) is 0 Å². The van der Waals surface area contributed by atoms with Gasteiger partial charge in [0, 0.05) is 24.2 Å². The average molecular weight is 424 g/mol. The van der Waals surface area contributed by atoms with Gasteiger partial charge in [0.15, 0.2) is 9.84 Å². The molecule has 1 N–H and O–H groups in total. The molecule has 2 unspecified atom stereocenters. The summed E-state index contributed by atoms with van der Waals surface area (Å²) in [5.41, 5.74) is 2.27. The van der Waals surface area contributed by atoms with Crippen LogP contribution in [0.3, 0.4) is 0 Å². The maximum Gasteiger partial charge on any atom is 0.151 e. The Kier molecular flexibility index (Phi) is 6.99. The van der Waals surface area contributed by atoms with E-state index >= 15 is 0 Å². The van der Waals surface area contributed by atoms with Crippen LogP contribution in [0.25, 0.3) is 0 Å². The first-order chi connectivity index (χ1) is 13.3. The van der Waals surface area contributed by atoms with E-state index in [1.165, 1.54) is 5.56 Å². The summed E-state index contributed by atoms with van der Waals surface area (Å²) in [5, 5.41) is 11.1. The Balaban J connectivity index is 1.63. The van der Waals surface area contributed by atoms with Crippen molar-refractivity contribution in [3.05, 3.63) is 64.7 Å². The van der Waals surface area contributed by atoms with Crippen LogP contribution in [0.1, 0.15) is 17.5 Å². The van der Waals surface area contributed by atoms with Crippen LogP contribution in [0.15, 0.2) is 48.5 Å². The Hall–Kier alpha value is -1.60. The maximum absolute atomic E-state index is 11.9. The number of hydrogen-bond acceptors (Lipinski definition) is 5. The minimum absolute atomic E-state index is 0.0866. The van der Waals surface area contributed by atoms with Crippen molar-refractivity contribution in [2.75, 3.05) is 24.7 Å². The fourth-order valence-corrected chi connectivity index (χ4v) is 5.27. The second kappa shape index (κ2) is 9.27. The van der Waals surface area contributed by atoms with Gasteiger partial charge in [-0.1, -0.05) is 41.4 Å². The summed E-state index contributed by atoms with van der Waals surface area (Å²) in [4.78, 5) is 2.06. The molecule has 1 heterocycles.